The minimum absolute atomic E-state index is 0.161. The molecular weight excluding hydrogens is 346 g/mol. The summed E-state index contributed by atoms with van der Waals surface area (Å²) in [6, 6.07) is 4.84. The maximum atomic E-state index is 12.2. The third-order valence-electron chi connectivity index (χ3n) is 3.10. The van der Waals surface area contributed by atoms with E-state index in [1.807, 2.05) is 0 Å². The molecule has 0 aromatic heterocycles. The van der Waals surface area contributed by atoms with E-state index in [0.717, 1.165) is 16.7 Å². The van der Waals surface area contributed by atoms with Gasteiger partial charge in [0.05, 0.1) is 11.5 Å². The molecule has 1 aromatic carbocycles. The normalized spacial score (nSPS) is 15.6. The largest absolute Gasteiger partial charge is 0.490 e. The number of thioether (sulfide) groups is 1. The standard InChI is InChI=1S/C17H17NO6S/c1-3-7-18-16(21)14(25-17(18)22)9-11-5-6-12(24-10-15(19)20)13(8-11)23-4-2/h3,5-6,8-9H,1,4,7,10H2,2H3,(H,19,20). The van der Waals surface area contributed by atoms with Gasteiger partial charge < -0.3 is 14.6 Å². The van der Waals surface area contributed by atoms with Crippen LogP contribution in [0.25, 0.3) is 6.08 Å². The third kappa shape index (κ3) is 4.63. The van der Waals surface area contributed by atoms with E-state index in [9.17, 15) is 14.4 Å². The van der Waals surface area contributed by atoms with Crippen molar-refractivity contribution < 1.29 is 29.0 Å². The van der Waals surface area contributed by atoms with E-state index in [4.69, 9.17) is 14.6 Å². The molecule has 2 rings (SSSR count). The van der Waals surface area contributed by atoms with E-state index in [2.05, 4.69) is 6.58 Å². The fourth-order valence-electron chi connectivity index (χ4n) is 2.08. The molecule has 1 saturated heterocycles. The molecule has 132 valence electrons. The molecule has 8 heteroatoms. The van der Waals surface area contributed by atoms with E-state index in [1.54, 1.807) is 31.2 Å². The number of imide groups is 1. The summed E-state index contributed by atoms with van der Waals surface area (Å²) in [6.07, 6.45) is 3.07. The molecule has 0 bridgehead atoms. The predicted molar refractivity (Wildman–Crippen MR) is 93.6 cm³/mol. The average molecular weight is 363 g/mol. The molecule has 25 heavy (non-hydrogen) atoms. The minimum Gasteiger partial charge on any atom is -0.490 e. The number of aliphatic carboxylic acids is 1. The van der Waals surface area contributed by atoms with Crippen molar-refractivity contribution in [3.8, 4) is 11.5 Å². The zero-order chi connectivity index (χ0) is 18.4. The summed E-state index contributed by atoms with van der Waals surface area (Å²) in [5.74, 6) is -0.814. The molecule has 1 aliphatic heterocycles. The molecule has 0 unspecified atom stereocenters. The molecule has 0 saturated carbocycles. The van der Waals surface area contributed by atoms with Gasteiger partial charge in [0.2, 0.25) is 0 Å². The fraction of sp³-hybridized carbons (Fsp3) is 0.235. The lowest BCUT2D eigenvalue weighted by Crippen LogP contribution is -2.27. The van der Waals surface area contributed by atoms with Gasteiger partial charge >= 0.3 is 5.97 Å². The Kier molecular flexibility index (Phi) is 6.24. The van der Waals surface area contributed by atoms with Gasteiger partial charge in [-0.2, -0.15) is 0 Å². The second kappa shape index (κ2) is 8.39. The first-order valence-corrected chi connectivity index (χ1v) is 8.25. The zero-order valence-corrected chi connectivity index (χ0v) is 14.4. The predicted octanol–water partition coefficient (Wildman–Crippen LogP) is 2.77. The second-order valence-corrected chi connectivity index (χ2v) is 5.90. The van der Waals surface area contributed by atoms with Gasteiger partial charge in [-0.05, 0) is 42.5 Å². The quantitative estimate of drug-likeness (QED) is 0.561. The summed E-state index contributed by atoms with van der Waals surface area (Å²) in [5, 5.41) is 8.36. The van der Waals surface area contributed by atoms with E-state index in [-0.39, 0.29) is 17.7 Å². The Bertz CT molecular complexity index is 743. The van der Waals surface area contributed by atoms with E-state index in [0.29, 0.717) is 28.6 Å². The van der Waals surface area contributed by atoms with Crippen LogP contribution in [0.5, 0.6) is 11.5 Å². The highest BCUT2D eigenvalue weighted by Gasteiger charge is 2.34. The van der Waals surface area contributed by atoms with Crippen LogP contribution in [-0.4, -0.2) is 46.9 Å². The highest BCUT2D eigenvalue weighted by Crippen LogP contribution is 2.34. The summed E-state index contributed by atoms with van der Waals surface area (Å²) in [4.78, 5) is 36.1. The fourth-order valence-corrected chi connectivity index (χ4v) is 2.93. The molecule has 2 amide bonds. The van der Waals surface area contributed by atoms with Crippen LogP contribution in [-0.2, 0) is 9.59 Å². The van der Waals surface area contributed by atoms with E-state index in [1.165, 1.54) is 6.08 Å². The molecular formula is C17H17NO6S. The number of amides is 2. The Morgan fingerprint density at radius 2 is 2.08 bits per heavy atom. The van der Waals surface area contributed by atoms with Crippen molar-refractivity contribution in [1.82, 2.24) is 4.90 Å². The number of hydrogen-bond donors (Lipinski definition) is 1. The first-order valence-electron chi connectivity index (χ1n) is 7.44. The number of carbonyl (C=O) groups is 3. The lowest BCUT2D eigenvalue weighted by atomic mass is 10.2. The highest BCUT2D eigenvalue weighted by molar-refractivity contribution is 8.18. The molecule has 1 fully saturated rings. The van der Waals surface area contributed by atoms with Gasteiger partial charge in [0.15, 0.2) is 18.1 Å². The first kappa shape index (κ1) is 18.6. The Morgan fingerprint density at radius 1 is 1.32 bits per heavy atom. The van der Waals surface area contributed by atoms with Gasteiger partial charge in [-0.3, -0.25) is 14.5 Å². The molecule has 1 aromatic rings. The van der Waals surface area contributed by atoms with Crippen LogP contribution < -0.4 is 9.47 Å². The molecule has 0 spiro atoms. The van der Waals surface area contributed by atoms with Gasteiger partial charge in [0.1, 0.15) is 0 Å². The number of carbonyl (C=O) groups excluding carboxylic acids is 2. The smallest absolute Gasteiger partial charge is 0.341 e. The van der Waals surface area contributed by atoms with Crippen LogP contribution in [0.15, 0.2) is 35.8 Å². The van der Waals surface area contributed by atoms with Crippen molar-refractivity contribution in [2.24, 2.45) is 0 Å². The van der Waals surface area contributed by atoms with Crippen LogP contribution in [0.4, 0.5) is 4.79 Å². The monoisotopic (exact) mass is 363 g/mol. The number of nitrogens with zero attached hydrogens (tertiary/aromatic N) is 1. The average Bonchev–Trinajstić information content (AvgIpc) is 2.82. The summed E-state index contributed by atoms with van der Waals surface area (Å²) in [5.41, 5.74) is 0.634. The number of hydrogen-bond acceptors (Lipinski definition) is 6. The van der Waals surface area contributed by atoms with Crippen molar-refractivity contribution in [3.05, 3.63) is 41.3 Å². The van der Waals surface area contributed by atoms with Gasteiger partial charge in [-0.15, -0.1) is 6.58 Å². The second-order valence-electron chi connectivity index (χ2n) is 4.90. The lowest BCUT2D eigenvalue weighted by molar-refractivity contribution is -0.139. The van der Waals surface area contributed by atoms with E-state index < -0.39 is 12.6 Å². The van der Waals surface area contributed by atoms with Crippen LogP contribution in [0.1, 0.15) is 12.5 Å². The summed E-state index contributed by atoms with van der Waals surface area (Å²) in [7, 11) is 0. The molecule has 0 atom stereocenters. The molecule has 0 radical (unpaired) electrons. The topological polar surface area (TPSA) is 93.1 Å². The number of carboxylic acids is 1. The van der Waals surface area contributed by atoms with Crippen molar-refractivity contribution in [3.63, 3.8) is 0 Å². The van der Waals surface area contributed by atoms with Crippen LogP contribution in [0.2, 0.25) is 0 Å². The molecule has 7 nitrogen and oxygen atoms in total. The highest BCUT2D eigenvalue weighted by atomic mass is 32.2. The lowest BCUT2D eigenvalue weighted by Gasteiger charge is -2.11. The summed E-state index contributed by atoms with van der Waals surface area (Å²) < 4.78 is 10.6. The Hall–Kier alpha value is -2.74. The first-order chi connectivity index (χ1) is 12.0. The Balaban J connectivity index is 2.26. The molecule has 0 aliphatic carbocycles. The minimum atomic E-state index is -1.09. The Labute approximate surface area is 148 Å². The van der Waals surface area contributed by atoms with Crippen molar-refractivity contribution in [1.29, 1.82) is 0 Å². The SMILES string of the molecule is C=CCN1C(=O)SC(=Cc2ccc(OCC(=O)O)c(OCC)c2)C1=O. The van der Waals surface area contributed by atoms with Crippen LogP contribution >= 0.6 is 11.8 Å². The third-order valence-corrected chi connectivity index (χ3v) is 4.01. The zero-order valence-electron chi connectivity index (χ0n) is 13.6. The molecule has 1 N–H and O–H groups in total. The van der Waals surface area contributed by atoms with Crippen LogP contribution in [0, 0.1) is 0 Å². The molecule has 1 heterocycles. The van der Waals surface area contributed by atoms with E-state index >= 15 is 0 Å². The number of rotatable bonds is 8. The Morgan fingerprint density at radius 3 is 2.72 bits per heavy atom. The van der Waals surface area contributed by atoms with Crippen LogP contribution in [0.3, 0.4) is 0 Å². The number of carboxylic acid groups (broad SMARTS) is 1. The summed E-state index contributed by atoms with van der Waals surface area (Å²) in [6.45, 7) is 5.35. The van der Waals surface area contributed by atoms with Gasteiger partial charge in [-0.25, -0.2) is 4.79 Å². The van der Waals surface area contributed by atoms with Crippen molar-refractivity contribution in [2.45, 2.75) is 6.92 Å². The maximum absolute atomic E-state index is 12.2. The van der Waals surface area contributed by atoms with Crippen molar-refractivity contribution >= 4 is 35.0 Å². The van der Waals surface area contributed by atoms with Gasteiger partial charge in [0, 0.05) is 6.54 Å². The summed E-state index contributed by atoms with van der Waals surface area (Å²) >= 11 is 0.855. The van der Waals surface area contributed by atoms with Crippen molar-refractivity contribution in [2.75, 3.05) is 19.8 Å². The number of benzene rings is 1. The maximum Gasteiger partial charge on any atom is 0.341 e. The number of ether oxygens (including phenoxy) is 2. The van der Waals surface area contributed by atoms with Gasteiger partial charge in [-0.1, -0.05) is 12.1 Å². The molecule has 1 aliphatic rings. The van der Waals surface area contributed by atoms with Gasteiger partial charge in [0.25, 0.3) is 11.1 Å².